The highest BCUT2D eigenvalue weighted by Crippen LogP contribution is 2.20. The average Bonchev–Trinajstić information content (AvgIpc) is 2.97. The summed E-state index contributed by atoms with van der Waals surface area (Å²) in [6.07, 6.45) is 1.82. The number of benzene rings is 1. The van der Waals surface area contributed by atoms with E-state index in [0.717, 1.165) is 20.7 Å². The van der Waals surface area contributed by atoms with Crippen molar-refractivity contribution >= 4 is 28.0 Å². The molecule has 0 saturated heterocycles. The second kappa shape index (κ2) is 4.63. The molecule has 3 aromatic rings. The Balaban J connectivity index is 1.93. The molecule has 0 fully saturated rings. The number of carbonyl (C=O) groups is 1. The molecule has 0 amide bonds. The van der Waals surface area contributed by atoms with E-state index in [1.54, 1.807) is 10.6 Å². The van der Waals surface area contributed by atoms with E-state index in [2.05, 4.69) is 0 Å². The number of halogens is 1. The van der Waals surface area contributed by atoms with Gasteiger partial charge < -0.3 is 4.57 Å². The van der Waals surface area contributed by atoms with Gasteiger partial charge in [-0.05, 0) is 48.7 Å². The van der Waals surface area contributed by atoms with Crippen LogP contribution in [0.5, 0.6) is 0 Å². The number of rotatable bonds is 3. The summed E-state index contributed by atoms with van der Waals surface area (Å²) in [7, 11) is 0. The van der Waals surface area contributed by atoms with Gasteiger partial charge in [0.1, 0.15) is 5.82 Å². The molecule has 0 aliphatic heterocycles. The number of thiophene rings is 1. The molecule has 2 nitrogen and oxygen atoms in total. The van der Waals surface area contributed by atoms with Crippen LogP contribution in [0.2, 0.25) is 0 Å². The lowest BCUT2D eigenvalue weighted by atomic mass is 10.2. The Labute approximate surface area is 114 Å². The van der Waals surface area contributed by atoms with Crippen LogP contribution in [-0.4, -0.2) is 10.4 Å². The molecule has 2 heterocycles. The van der Waals surface area contributed by atoms with E-state index in [-0.39, 0.29) is 18.1 Å². The highest BCUT2D eigenvalue weighted by Gasteiger charge is 2.11. The van der Waals surface area contributed by atoms with Gasteiger partial charge in [0.05, 0.1) is 16.9 Å². The first-order chi connectivity index (χ1) is 9.13. The lowest BCUT2D eigenvalue weighted by Crippen LogP contribution is -2.07. The van der Waals surface area contributed by atoms with Crippen LogP contribution in [0.25, 0.3) is 10.9 Å². The zero-order valence-electron chi connectivity index (χ0n) is 10.4. The number of hydrogen-bond acceptors (Lipinski definition) is 2. The highest BCUT2D eigenvalue weighted by molar-refractivity contribution is 7.14. The number of nitrogens with zero attached hydrogens (tertiary/aromatic N) is 1. The number of ketones is 1. The Bertz CT molecular complexity index is 756. The van der Waals surface area contributed by atoms with Crippen LogP contribution in [0, 0.1) is 12.7 Å². The number of fused-ring (bicyclic) bond motifs is 1. The molecular weight excluding hydrogens is 261 g/mol. The van der Waals surface area contributed by atoms with E-state index in [1.165, 1.54) is 23.5 Å². The fourth-order valence-electron chi connectivity index (χ4n) is 2.11. The molecule has 0 aliphatic carbocycles. The molecular formula is C15H12FNOS. The van der Waals surface area contributed by atoms with Crippen molar-refractivity contribution < 1.29 is 9.18 Å². The van der Waals surface area contributed by atoms with Crippen LogP contribution in [0.3, 0.4) is 0 Å². The molecule has 0 aliphatic rings. The van der Waals surface area contributed by atoms with Gasteiger partial charge >= 0.3 is 0 Å². The summed E-state index contributed by atoms with van der Waals surface area (Å²) in [5.74, 6) is -0.230. The highest BCUT2D eigenvalue weighted by atomic mass is 32.1. The molecule has 4 heteroatoms. The van der Waals surface area contributed by atoms with Crippen molar-refractivity contribution in [2.45, 2.75) is 13.5 Å². The molecule has 3 rings (SSSR count). The largest absolute Gasteiger partial charge is 0.340 e. The maximum atomic E-state index is 13.3. The quantitative estimate of drug-likeness (QED) is 0.660. The standard InChI is InChI=1S/C15H12FNOS/c1-10-2-5-15(19-10)14(18)9-17-7-6-11-3-4-12(16)8-13(11)17/h2-8H,9H2,1H3. The Morgan fingerprint density at radius 2 is 2.11 bits per heavy atom. The summed E-state index contributed by atoms with van der Waals surface area (Å²) in [5, 5.41) is 0.941. The fourth-order valence-corrected chi connectivity index (χ4v) is 2.91. The molecule has 19 heavy (non-hydrogen) atoms. The molecule has 0 saturated carbocycles. The number of aryl methyl sites for hydroxylation is 1. The van der Waals surface area contributed by atoms with Gasteiger partial charge in [0, 0.05) is 11.1 Å². The molecule has 96 valence electrons. The number of Topliss-reactive ketones (excluding diaryl/α,β-unsaturated/α-hetero) is 1. The molecule has 0 radical (unpaired) electrons. The third-order valence-electron chi connectivity index (χ3n) is 3.07. The zero-order valence-corrected chi connectivity index (χ0v) is 11.2. The molecule has 2 aromatic heterocycles. The van der Waals surface area contributed by atoms with Gasteiger partial charge in [-0.3, -0.25) is 4.79 Å². The van der Waals surface area contributed by atoms with E-state index >= 15 is 0 Å². The third-order valence-corrected chi connectivity index (χ3v) is 4.11. The lowest BCUT2D eigenvalue weighted by Gasteiger charge is -2.03. The Kier molecular flexibility index (Phi) is 2.95. The fraction of sp³-hybridized carbons (Fsp3) is 0.133. The van der Waals surface area contributed by atoms with Crippen molar-refractivity contribution in [3.8, 4) is 0 Å². The smallest absolute Gasteiger partial charge is 0.192 e. The summed E-state index contributed by atoms with van der Waals surface area (Å²) in [6.45, 7) is 2.22. The van der Waals surface area contributed by atoms with Crippen LogP contribution in [0.4, 0.5) is 4.39 Å². The molecule has 0 atom stereocenters. The van der Waals surface area contributed by atoms with Gasteiger partial charge in [-0.2, -0.15) is 0 Å². The summed E-state index contributed by atoms with van der Waals surface area (Å²) in [4.78, 5) is 14.0. The Morgan fingerprint density at radius 1 is 1.26 bits per heavy atom. The van der Waals surface area contributed by atoms with Crippen LogP contribution >= 0.6 is 11.3 Å². The molecule has 0 N–H and O–H groups in total. The van der Waals surface area contributed by atoms with Gasteiger partial charge in [-0.15, -0.1) is 11.3 Å². The molecule has 0 bridgehead atoms. The first-order valence-electron chi connectivity index (χ1n) is 5.97. The van der Waals surface area contributed by atoms with Crippen molar-refractivity contribution in [1.82, 2.24) is 4.57 Å². The minimum Gasteiger partial charge on any atom is -0.340 e. The van der Waals surface area contributed by atoms with Crippen molar-refractivity contribution in [2.75, 3.05) is 0 Å². The lowest BCUT2D eigenvalue weighted by molar-refractivity contribution is 0.0977. The maximum Gasteiger partial charge on any atom is 0.192 e. The first kappa shape index (κ1) is 12.1. The van der Waals surface area contributed by atoms with Crippen molar-refractivity contribution in [2.24, 2.45) is 0 Å². The van der Waals surface area contributed by atoms with Gasteiger partial charge in [0.25, 0.3) is 0 Å². The van der Waals surface area contributed by atoms with Gasteiger partial charge in [-0.1, -0.05) is 0 Å². The van der Waals surface area contributed by atoms with Crippen molar-refractivity contribution in [1.29, 1.82) is 0 Å². The normalized spacial score (nSPS) is 11.1. The van der Waals surface area contributed by atoms with Gasteiger partial charge in [0.2, 0.25) is 0 Å². The minimum absolute atomic E-state index is 0.0554. The van der Waals surface area contributed by atoms with Crippen molar-refractivity contribution in [3.63, 3.8) is 0 Å². The van der Waals surface area contributed by atoms with E-state index in [9.17, 15) is 9.18 Å². The second-order valence-corrected chi connectivity index (χ2v) is 5.77. The van der Waals surface area contributed by atoms with E-state index in [4.69, 9.17) is 0 Å². The number of aromatic nitrogens is 1. The van der Waals surface area contributed by atoms with Crippen LogP contribution in [0.15, 0.2) is 42.6 Å². The summed E-state index contributed by atoms with van der Waals surface area (Å²) >= 11 is 1.49. The number of carbonyl (C=O) groups excluding carboxylic acids is 1. The van der Waals surface area contributed by atoms with Crippen LogP contribution < -0.4 is 0 Å². The Morgan fingerprint density at radius 3 is 2.84 bits per heavy atom. The van der Waals surface area contributed by atoms with Crippen LogP contribution in [-0.2, 0) is 6.54 Å². The topological polar surface area (TPSA) is 22.0 Å². The summed E-state index contributed by atoms with van der Waals surface area (Å²) in [5.41, 5.74) is 0.752. The number of hydrogen-bond donors (Lipinski definition) is 0. The third kappa shape index (κ3) is 2.31. The monoisotopic (exact) mass is 273 g/mol. The zero-order chi connectivity index (χ0) is 13.4. The first-order valence-corrected chi connectivity index (χ1v) is 6.79. The van der Waals surface area contributed by atoms with E-state index in [1.807, 2.05) is 31.3 Å². The summed E-state index contributed by atoms with van der Waals surface area (Å²) < 4.78 is 15.0. The van der Waals surface area contributed by atoms with E-state index in [0.29, 0.717) is 0 Å². The predicted octanol–water partition coefficient (Wildman–Crippen LogP) is 4.03. The molecule has 1 aromatic carbocycles. The molecule has 0 spiro atoms. The minimum atomic E-state index is -0.285. The second-order valence-electron chi connectivity index (χ2n) is 4.48. The molecule has 0 unspecified atom stereocenters. The van der Waals surface area contributed by atoms with Gasteiger partial charge in [-0.25, -0.2) is 4.39 Å². The predicted molar refractivity (Wildman–Crippen MR) is 75.3 cm³/mol. The Hall–Kier alpha value is -1.94. The van der Waals surface area contributed by atoms with Crippen molar-refractivity contribution in [3.05, 3.63) is 58.2 Å². The van der Waals surface area contributed by atoms with Gasteiger partial charge in [0.15, 0.2) is 5.78 Å². The average molecular weight is 273 g/mol. The van der Waals surface area contributed by atoms with E-state index < -0.39 is 0 Å². The summed E-state index contributed by atoms with van der Waals surface area (Å²) in [6, 6.07) is 10.3. The SMILES string of the molecule is Cc1ccc(C(=O)Cn2ccc3ccc(F)cc32)s1. The maximum absolute atomic E-state index is 13.3. The van der Waals surface area contributed by atoms with Crippen LogP contribution in [0.1, 0.15) is 14.5 Å².